The van der Waals surface area contributed by atoms with Crippen LogP contribution in [0, 0.1) is 5.92 Å². The van der Waals surface area contributed by atoms with E-state index in [1.54, 1.807) is 0 Å². The Labute approximate surface area is 52.4 Å². The Morgan fingerprint density at radius 2 is 1.89 bits per heavy atom. The van der Waals surface area contributed by atoms with Crippen molar-refractivity contribution in [2.24, 2.45) is 0 Å². The van der Waals surface area contributed by atoms with Gasteiger partial charge in [-0.15, -0.1) is 0 Å². The number of carbonyl (C=O) groups excluding carboxylic acids is 1. The van der Waals surface area contributed by atoms with Crippen LogP contribution in [0.1, 0.15) is 6.92 Å². The molecule has 1 radical (unpaired) electrons. The number of carboxylic acid groups (broad SMARTS) is 1. The fraction of sp³-hybridized carbons (Fsp3) is 0.400. The smallest absolute Gasteiger partial charge is 0.324 e. The van der Waals surface area contributed by atoms with Crippen LogP contribution in [0.4, 0.5) is 0 Å². The van der Waals surface area contributed by atoms with Crippen molar-refractivity contribution in [1.29, 1.82) is 0 Å². The first-order chi connectivity index (χ1) is 4.09. The van der Waals surface area contributed by atoms with Crippen molar-refractivity contribution in [2.75, 3.05) is 7.11 Å². The molecule has 51 valence electrons. The Bertz CT molecular complexity index is 129. The van der Waals surface area contributed by atoms with Gasteiger partial charge in [-0.2, -0.15) is 0 Å². The predicted molar refractivity (Wildman–Crippen MR) is 28.6 cm³/mol. The minimum atomic E-state index is -1.25. The maximum Gasteiger partial charge on any atom is 0.324 e. The molecule has 0 aliphatic rings. The number of esters is 1. The minimum Gasteiger partial charge on any atom is -0.480 e. The molecule has 0 aromatic carbocycles. The Balaban J connectivity index is 3.88. The van der Waals surface area contributed by atoms with Crippen LogP contribution in [0.2, 0.25) is 0 Å². The van der Waals surface area contributed by atoms with E-state index in [1.165, 1.54) is 6.92 Å². The lowest BCUT2D eigenvalue weighted by molar-refractivity contribution is -0.145. The molecule has 1 N–H and O–H groups in total. The van der Waals surface area contributed by atoms with Crippen LogP contribution < -0.4 is 0 Å². The average Bonchev–Trinajstić information content (AvgIpc) is 1.84. The van der Waals surface area contributed by atoms with Crippen molar-refractivity contribution in [3.05, 3.63) is 5.92 Å². The van der Waals surface area contributed by atoms with E-state index >= 15 is 0 Å². The summed E-state index contributed by atoms with van der Waals surface area (Å²) in [4.78, 5) is 20.3. The molecule has 0 saturated carbocycles. The van der Waals surface area contributed by atoms with Gasteiger partial charge >= 0.3 is 11.9 Å². The molecular formula is C5H7O4. The second-order valence-corrected chi connectivity index (χ2v) is 1.42. The number of carbonyl (C=O) groups is 2. The van der Waals surface area contributed by atoms with Crippen molar-refractivity contribution in [3.8, 4) is 0 Å². The second-order valence-electron chi connectivity index (χ2n) is 1.42. The lowest BCUT2D eigenvalue weighted by atomic mass is 10.2. The first-order valence-electron chi connectivity index (χ1n) is 2.24. The van der Waals surface area contributed by atoms with Gasteiger partial charge in [-0.05, 0) is 6.92 Å². The number of hydrogen-bond acceptors (Lipinski definition) is 3. The molecule has 0 aromatic heterocycles. The Morgan fingerprint density at radius 1 is 1.44 bits per heavy atom. The number of rotatable bonds is 2. The van der Waals surface area contributed by atoms with Gasteiger partial charge in [-0.25, -0.2) is 0 Å². The average molecular weight is 131 g/mol. The van der Waals surface area contributed by atoms with E-state index in [0.29, 0.717) is 0 Å². The Hall–Kier alpha value is -1.06. The highest BCUT2D eigenvalue weighted by Gasteiger charge is 2.21. The molecule has 0 rings (SSSR count). The lowest BCUT2D eigenvalue weighted by Gasteiger charge is -1.99. The highest BCUT2D eigenvalue weighted by molar-refractivity contribution is 6.08. The van der Waals surface area contributed by atoms with Crippen LogP contribution in [0.3, 0.4) is 0 Å². The minimum absolute atomic E-state index is 0.308. The maximum absolute atomic E-state index is 10.3. The summed E-state index contributed by atoms with van der Waals surface area (Å²) in [5.41, 5.74) is 0. The Morgan fingerprint density at radius 3 is 2.00 bits per heavy atom. The van der Waals surface area contributed by atoms with Crippen molar-refractivity contribution in [1.82, 2.24) is 0 Å². The molecule has 0 aliphatic heterocycles. The summed E-state index contributed by atoms with van der Waals surface area (Å²) in [7, 11) is 1.13. The predicted octanol–water partition coefficient (Wildman–Crippen LogP) is -0.162. The highest BCUT2D eigenvalue weighted by Crippen LogP contribution is 1.98. The van der Waals surface area contributed by atoms with Crippen molar-refractivity contribution in [2.45, 2.75) is 6.92 Å². The van der Waals surface area contributed by atoms with Gasteiger partial charge in [-0.1, -0.05) is 0 Å². The SMILES string of the molecule is COC(=O)[C](C)C(=O)O. The van der Waals surface area contributed by atoms with E-state index in [0.717, 1.165) is 7.11 Å². The van der Waals surface area contributed by atoms with Crippen molar-refractivity contribution < 1.29 is 19.4 Å². The molecule has 0 heterocycles. The molecule has 0 spiro atoms. The molecule has 4 nitrogen and oxygen atoms in total. The molecule has 0 saturated heterocycles. The van der Waals surface area contributed by atoms with Gasteiger partial charge < -0.3 is 9.84 Å². The second kappa shape index (κ2) is 3.06. The van der Waals surface area contributed by atoms with Crippen LogP contribution in [0.5, 0.6) is 0 Å². The fourth-order valence-electron chi connectivity index (χ4n) is 0.240. The van der Waals surface area contributed by atoms with Gasteiger partial charge in [-0.3, -0.25) is 9.59 Å². The maximum atomic E-state index is 10.3. The summed E-state index contributed by atoms with van der Waals surface area (Å²) < 4.78 is 4.12. The molecule has 4 heteroatoms. The molecule has 0 aliphatic carbocycles. The van der Waals surface area contributed by atoms with Gasteiger partial charge in [0.05, 0.1) is 7.11 Å². The molecule has 9 heavy (non-hydrogen) atoms. The molecule has 0 aromatic rings. The normalized spacial score (nSPS) is 9.22. The third kappa shape index (κ3) is 2.12. The standard InChI is InChI=1S/C5H7O4/c1-3(4(6)7)5(8)9-2/h1-2H3,(H,6,7). The third-order valence-electron chi connectivity index (χ3n) is 0.812. The summed E-state index contributed by atoms with van der Waals surface area (Å²) in [5, 5.41) is 8.15. The zero-order valence-corrected chi connectivity index (χ0v) is 5.17. The number of methoxy groups -OCH3 is 1. The van der Waals surface area contributed by atoms with Crippen LogP contribution in [-0.4, -0.2) is 24.2 Å². The fourth-order valence-corrected chi connectivity index (χ4v) is 0.240. The van der Waals surface area contributed by atoms with E-state index in [1.807, 2.05) is 0 Å². The largest absolute Gasteiger partial charge is 0.480 e. The van der Waals surface area contributed by atoms with E-state index in [9.17, 15) is 9.59 Å². The van der Waals surface area contributed by atoms with Crippen LogP contribution in [-0.2, 0) is 14.3 Å². The number of ether oxygens (including phenoxy) is 1. The number of aliphatic carboxylic acids is 1. The summed E-state index contributed by atoms with van der Waals surface area (Å²) in [6.07, 6.45) is 0. The first-order valence-corrected chi connectivity index (χ1v) is 2.24. The topological polar surface area (TPSA) is 63.6 Å². The molecule has 0 atom stereocenters. The quantitative estimate of drug-likeness (QED) is 0.417. The van der Waals surface area contributed by atoms with Crippen LogP contribution >= 0.6 is 0 Å². The highest BCUT2D eigenvalue weighted by atomic mass is 16.5. The van der Waals surface area contributed by atoms with Gasteiger partial charge in [0, 0.05) is 0 Å². The van der Waals surface area contributed by atoms with Gasteiger partial charge in [0.1, 0.15) is 0 Å². The lowest BCUT2D eigenvalue weighted by Crippen LogP contribution is -2.19. The van der Waals surface area contributed by atoms with Crippen LogP contribution in [0.25, 0.3) is 0 Å². The summed E-state index contributed by atoms with van der Waals surface area (Å²) in [5.74, 6) is -2.36. The number of hydrogen-bond donors (Lipinski definition) is 1. The van der Waals surface area contributed by atoms with E-state index in [2.05, 4.69) is 4.74 Å². The van der Waals surface area contributed by atoms with Crippen molar-refractivity contribution in [3.63, 3.8) is 0 Å². The molecule has 0 bridgehead atoms. The van der Waals surface area contributed by atoms with E-state index < -0.39 is 11.9 Å². The summed E-state index contributed by atoms with van der Waals surface area (Å²) in [6, 6.07) is 0. The Kier molecular flexibility index (Phi) is 2.70. The third-order valence-corrected chi connectivity index (χ3v) is 0.812. The molecule has 0 unspecified atom stereocenters. The van der Waals surface area contributed by atoms with Gasteiger partial charge in [0.25, 0.3) is 0 Å². The zero-order chi connectivity index (χ0) is 7.44. The molecular weight excluding hydrogens is 124 g/mol. The van der Waals surface area contributed by atoms with Crippen molar-refractivity contribution >= 4 is 11.9 Å². The first kappa shape index (κ1) is 7.94. The monoisotopic (exact) mass is 131 g/mol. The van der Waals surface area contributed by atoms with E-state index in [-0.39, 0.29) is 5.92 Å². The number of carboxylic acids is 1. The van der Waals surface area contributed by atoms with Crippen LogP contribution in [0.15, 0.2) is 0 Å². The summed E-state index contributed by atoms with van der Waals surface area (Å²) >= 11 is 0. The van der Waals surface area contributed by atoms with Gasteiger partial charge in [0.2, 0.25) is 0 Å². The van der Waals surface area contributed by atoms with Gasteiger partial charge in [0.15, 0.2) is 5.92 Å². The molecule has 0 fully saturated rings. The zero-order valence-electron chi connectivity index (χ0n) is 5.17. The molecule has 0 amide bonds. The van der Waals surface area contributed by atoms with E-state index in [4.69, 9.17) is 5.11 Å². The summed E-state index contributed by atoms with van der Waals surface area (Å²) in [6.45, 7) is 1.19.